The third kappa shape index (κ3) is 3.69. The Bertz CT molecular complexity index is 1230. The lowest BCUT2D eigenvalue weighted by atomic mass is 10.0. The van der Waals surface area contributed by atoms with Crippen LogP contribution < -0.4 is 5.43 Å². The Kier molecular flexibility index (Phi) is 5.25. The molecule has 0 aliphatic carbocycles. The smallest absolute Gasteiger partial charge is 0.244 e. The number of allylic oxidation sites excluding steroid dienone is 1. The first-order chi connectivity index (χ1) is 14.2. The molecular weight excluding hydrogens is 358 g/mol. The van der Waals surface area contributed by atoms with Gasteiger partial charge >= 0.3 is 0 Å². The molecule has 3 aromatic carbocycles. The number of para-hydroxylation sites is 1. The van der Waals surface area contributed by atoms with Gasteiger partial charge in [-0.15, -0.1) is 6.58 Å². The van der Waals surface area contributed by atoms with Gasteiger partial charge in [0.1, 0.15) is 0 Å². The molecule has 4 nitrogen and oxygen atoms in total. The molecule has 29 heavy (non-hydrogen) atoms. The zero-order valence-corrected chi connectivity index (χ0v) is 16.4. The fourth-order valence-electron chi connectivity index (χ4n) is 3.81. The van der Waals surface area contributed by atoms with Crippen molar-refractivity contribution in [2.45, 2.75) is 19.9 Å². The highest BCUT2D eigenvalue weighted by Gasteiger charge is 2.11. The average molecular weight is 381 g/mol. The van der Waals surface area contributed by atoms with Crippen LogP contribution in [0, 0.1) is 6.92 Å². The largest absolute Gasteiger partial charge is 0.340 e. The second kappa shape index (κ2) is 8.15. The van der Waals surface area contributed by atoms with Crippen molar-refractivity contribution >= 4 is 33.8 Å². The number of amides is 1. The second-order valence-electron chi connectivity index (χ2n) is 7.02. The molecule has 0 unspecified atom stereocenters. The Morgan fingerprint density at radius 1 is 1.03 bits per heavy atom. The highest BCUT2D eigenvalue weighted by atomic mass is 16.2. The number of carbonyl (C=O) groups excluding carboxylic acids is 1. The van der Waals surface area contributed by atoms with Gasteiger partial charge in [0, 0.05) is 28.7 Å². The molecule has 1 aromatic heterocycles. The van der Waals surface area contributed by atoms with Crippen LogP contribution in [0.1, 0.15) is 16.8 Å². The van der Waals surface area contributed by atoms with Gasteiger partial charge in [0.2, 0.25) is 5.91 Å². The first-order valence-corrected chi connectivity index (χ1v) is 9.66. The molecule has 0 aliphatic rings. The second-order valence-corrected chi connectivity index (χ2v) is 7.02. The van der Waals surface area contributed by atoms with E-state index in [0.717, 1.165) is 45.0 Å². The van der Waals surface area contributed by atoms with E-state index in [-0.39, 0.29) is 12.3 Å². The highest BCUT2D eigenvalue weighted by Crippen LogP contribution is 2.24. The lowest BCUT2D eigenvalue weighted by Crippen LogP contribution is -2.20. The lowest BCUT2D eigenvalue weighted by Gasteiger charge is -2.05. The Balaban J connectivity index is 1.54. The summed E-state index contributed by atoms with van der Waals surface area (Å²) in [6.07, 6.45) is 3.90. The lowest BCUT2D eigenvalue weighted by molar-refractivity contribution is -0.120. The molecule has 0 fully saturated rings. The van der Waals surface area contributed by atoms with Crippen molar-refractivity contribution in [1.82, 2.24) is 9.99 Å². The molecule has 1 amide bonds. The van der Waals surface area contributed by atoms with Gasteiger partial charge in [0.05, 0.1) is 12.6 Å². The SMILES string of the molecule is C=CCn1c(C)c(/C=N\NC(=O)Cc2cccc3ccccc23)c2ccccc21. The minimum atomic E-state index is -0.134. The molecule has 144 valence electrons. The van der Waals surface area contributed by atoms with Gasteiger partial charge in [-0.1, -0.05) is 66.7 Å². The summed E-state index contributed by atoms with van der Waals surface area (Å²) in [4.78, 5) is 12.5. The van der Waals surface area contributed by atoms with Gasteiger partial charge < -0.3 is 4.57 Å². The zero-order chi connectivity index (χ0) is 20.2. The van der Waals surface area contributed by atoms with E-state index in [0.29, 0.717) is 0 Å². The minimum Gasteiger partial charge on any atom is -0.340 e. The van der Waals surface area contributed by atoms with Crippen molar-refractivity contribution in [3.63, 3.8) is 0 Å². The van der Waals surface area contributed by atoms with Gasteiger partial charge in [-0.05, 0) is 29.3 Å². The van der Waals surface area contributed by atoms with Crippen LogP contribution >= 0.6 is 0 Å². The van der Waals surface area contributed by atoms with Crippen molar-refractivity contribution < 1.29 is 4.79 Å². The predicted octanol–water partition coefficient (Wildman–Crippen LogP) is 4.98. The quantitative estimate of drug-likeness (QED) is 0.286. The molecule has 1 N–H and O–H groups in total. The summed E-state index contributed by atoms with van der Waals surface area (Å²) in [5.41, 5.74) is 6.91. The van der Waals surface area contributed by atoms with E-state index in [4.69, 9.17) is 0 Å². The maximum Gasteiger partial charge on any atom is 0.244 e. The van der Waals surface area contributed by atoms with E-state index < -0.39 is 0 Å². The summed E-state index contributed by atoms with van der Waals surface area (Å²) in [6, 6.07) is 22.3. The Hall–Kier alpha value is -3.66. The van der Waals surface area contributed by atoms with Crippen molar-refractivity contribution in [2.24, 2.45) is 5.10 Å². The van der Waals surface area contributed by atoms with Crippen LogP contribution in [0.4, 0.5) is 0 Å². The maximum atomic E-state index is 12.5. The van der Waals surface area contributed by atoms with Crippen LogP contribution in [0.15, 0.2) is 84.5 Å². The van der Waals surface area contributed by atoms with Crippen LogP contribution in [-0.2, 0) is 17.8 Å². The van der Waals surface area contributed by atoms with Gasteiger partial charge in [-0.3, -0.25) is 4.79 Å². The topological polar surface area (TPSA) is 46.4 Å². The van der Waals surface area contributed by atoms with Crippen LogP contribution in [0.25, 0.3) is 21.7 Å². The van der Waals surface area contributed by atoms with E-state index >= 15 is 0 Å². The number of nitrogens with one attached hydrogen (secondary N) is 1. The number of hydrazone groups is 1. The van der Waals surface area contributed by atoms with Crippen molar-refractivity contribution in [3.05, 3.63) is 96.2 Å². The minimum absolute atomic E-state index is 0.134. The Labute approximate surface area is 170 Å². The number of benzene rings is 3. The van der Waals surface area contributed by atoms with Crippen LogP contribution in [0.5, 0.6) is 0 Å². The van der Waals surface area contributed by atoms with Crippen molar-refractivity contribution in [2.75, 3.05) is 0 Å². The number of fused-ring (bicyclic) bond motifs is 2. The molecular formula is C25H23N3O. The maximum absolute atomic E-state index is 12.5. The van der Waals surface area contributed by atoms with E-state index in [1.54, 1.807) is 6.21 Å². The highest BCUT2D eigenvalue weighted by molar-refractivity contribution is 6.01. The van der Waals surface area contributed by atoms with Crippen molar-refractivity contribution in [1.29, 1.82) is 0 Å². The monoisotopic (exact) mass is 381 g/mol. The summed E-state index contributed by atoms with van der Waals surface area (Å²) in [6.45, 7) is 6.64. The predicted molar refractivity (Wildman–Crippen MR) is 120 cm³/mol. The Morgan fingerprint density at radius 2 is 1.76 bits per heavy atom. The molecule has 0 aliphatic heterocycles. The number of nitrogens with zero attached hydrogens (tertiary/aromatic N) is 2. The molecule has 0 bridgehead atoms. The fourth-order valence-corrected chi connectivity index (χ4v) is 3.81. The number of hydrogen-bond acceptors (Lipinski definition) is 2. The van der Waals surface area contributed by atoms with Gasteiger partial charge in [0.25, 0.3) is 0 Å². The van der Waals surface area contributed by atoms with E-state index in [1.807, 2.05) is 48.5 Å². The standard InChI is InChI=1S/C25H23N3O/c1-3-15-28-18(2)23(22-13-6-7-14-24(22)28)17-26-27-25(29)16-20-11-8-10-19-9-4-5-12-21(19)20/h3-14,17H,1,15-16H2,2H3,(H,27,29)/b26-17-. The normalized spacial score (nSPS) is 11.3. The van der Waals surface area contributed by atoms with E-state index in [1.165, 1.54) is 0 Å². The summed E-state index contributed by atoms with van der Waals surface area (Å²) in [5, 5.41) is 7.57. The van der Waals surface area contributed by atoms with Crippen LogP contribution in [0.2, 0.25) is 0 Å². The average Bonchev–Trinajstić information content (AvgIpc) is 3.00. The fraction of sp³-hybridized carbons (Fsp3) is 0.120. The van der Waals surface area contributed by atoms with E-state index in [9.17, 15) is 4.79 Å². The molecule has 4 heteroatoms. The molecule has 0 atom stereocenters. The third-order valence-corrected chi connectivity index (χ3v) is 5.21. The number of hydrogen-bond donors (Lipinski definition) is 1. The molecule has 0 saturated carbocycles. The number of carbonyl (C=O) groups is 1. The van der Waals surface area contributed by atoms with Crippen LogP contribution in [-0.4, -0.2) is 16.7 Å². The summed E-state index contributed by atoms with van der Waals surface area (Å²) < 4.78 is 2.20. The molecule has 4 rings (SSSR count). The first-order valence-electron chi connectivity index (χ1n) is 9.66. The van der Waals surface area contributed by atoms with Crippen LogP contribution in [0.3, 0.4) is 0 Å². The van der Waals surface area contributed by atoms with Crippen molar-refractivity contribution in [3.8, 4) is 0 Å². The molecule has 0 spiro atoms. The number of aromatic nitrogens is 1. The molecule has 0 radical (unpaired) electrons. The van der Waals surface area contributed by atoms with Gasteiger partial charge in [-0.2, -0.15) is 5.10 Å². The number of rotatable bonds is 6. The summed E-state index contributed by atoms with van der Waals surface area (Å²) in [5.74, 6) is -0.134. The first kappa shape index (κ1) is 18.7. The molecule has 0 saturated heterocycles. The van der Waals surface area contributed by atoms with Gasteiger partial charge in [0.15, 0.2) is 0 Å². The third-order valence-electron chi connectivity index (χ3n) is 5.21. The zero-order valence-electron chi connectivity index (χ0n) is 16.4. The molecule has 1 heterocycles. The molecule has 4 aromatic rings. The van der Waals surface area contributed by atoms with Gasteiger partial charge in [-0.25, -0.2) is 5.43 Å². The Morgan fingerprint density at radius 3 is 2.59 bits per heavy atom. The van der Waals surface area contributed by atoms with E-state index in [2.05, 4.69) is 52.9 Å². The summed E-state index contributed by atoms with van der Waals surface area (Å²) in [7, 11) is 0. The summed E-state index contributed by atoms with van der Waals surface area (Å²) >= 11 is 0.